The van der Waals surface area contributed by atoms with Crippen LogP contribution in [0.3, 0.4) is 0 Å². The van der Waals surface area contributed by atoms with Gasteiger partial charge >= 0.3 is 0 Å². The number of hydrogen-bond donors (Lipinski definition) is 1. The second-order valence-electron chi connectivity index (χ2n) is 3.74. The fourth-order valence-electron chi connectivity index (χ4n) is 1.51. The van der Waals surface area contributed by atoms with Gasteiger partial charge in [0.25, 0.3) is 0 Å². The minimum atomic E-state index is 0.492. The number of hydrogen-bond acceptors (Lipinski definition) is 5. The average molecular weight is 281 g/mol. The van der Waals surface area contributed by atoms with E-state index < -0.39 is 0 Å². The Balaban J connectivity index is 1.97. The van der Waals surface area contributed by atoms with Crippen molar-refractivity contribution < 1.29 is 9.47 Å². The summed E-state index contributed by atoms with van der Waals surface area (Å²) in [6, 6.07) is 7.53. The minimum absolute atomic E-state index is 0.492. The summed E-state index contributed by atoms with van der Waals surface area (Å²) >= 11 is 5.92. The number of benzene rings is 1. The van der Waals surface area contributed by atoms with Gasteiger partial charge in [0.15, 0.2) is 0 Å². The zero-order chi connectivity index (χ0) is 13.0. The summed E-state index contributed by atoms with van der Waals surface area (Å²) in [4.78, 5) is 5.65. The number of thiazole rings is 1. The summed E-state index contributed by atoms with van der Waals surface area (Å²) in [6.07, 6.45) is 0. The van der Waals surface area contributed by atoms with Crippen molar-refractivity contribution in [2.45, 2.75) is 19.3 Å². The molecule has 2 aromatic rings. The quantitative estimate of drug-likeness (QED) is 0.852. The van der Waals surface area contributed by atoms with Gasteiger partial charge in [-0.25, -0.2) is 4.98 Å². The van der Waals surface area contributed by atoms with Crippen molar-refractivity contribution in [2.75, 3.05) is 7.11 Å². The van der Waals surface area contributed by atoms with E-state index in [4.69, 9.17) is 9.47 Å². The summed E-state index contributed by atoms with van der Waals surface area (Å²) in [5.74, 6) is 2.37. The van der Waals surface area contributed by atoms with Gasteiger partial charge < -0.3 is 9.47 Å². The van der Waals surface area contributed by atoms with Crippen molar-refractivity contribution in [1.82, 2.24) is 4.98 Å². The first-order chi connectivity index (χ1) is 8.72. The van der Waals surface area contributed by atoms with Gasteiger partial charge in [-0.05, 0) is 31.2 Å². The highest BCUT2D eigenvalue weighted by atomic mass is 32.1. The molecule has 0 aliphatic heterocycles. The lowest BCUT2D eigenvalue weighted by Crippen LogP contribution is -1.94. The van der Waals surface area contributed by atoms with Gasteiger partial charge in [0.1, 0.15) is 23.1 Å². The van der Waals surface area contributed by atoms with Crippen molar-refractivity contribution in [3.8, 4) is 11.5 Å². The van der Waals surface area contributed by atoms with Crippen molar-refractivity contribution in [2.24, 2.45) is 0 Å². The minimum Gasteiger partial charge on any atom is -0.497 e. The topological polar surface area (TPSA) is 31.4 Å². The van der Waals surface area contributed by atoms with Gasteiger partial charge in [0, 0.05) is 10.6 Å². The highest BCUT2D eigenvalue weighted by Gasteiger charge is 2.06. The zero-order valence-electron chi connectivity index (χ0n) is 10.3. The van der Waals surface area contributed by atoms with Crippen molar-refractivity contribution in [3.63, 3.8) is 0 Å². The molecule has 0 fully saturated rings. The Hall–Kier alpha value is -1.20. The Morgan fingerprint density at radius 2 is 1.89 bits per heavy atom. The van der Waals surface area contributed by atoms with Crippen LogP contribution in [0.4, 0.5) is 0 Å². The summed E-state index contributed by atoms with van der Waals surface area (Å²) in [6.45, 7) is 2.49. The number of aromatic nitrogens is 1. The van der Waals surface area contributed by atoms with Gasteiger partial charge in [0.2, 0.25) is 0 Å². The van der Waals surface area contributed by atoms with Crippen LogP contribution in [0.5, 0.6) is 11.5 Å². The van der Waals surface area contributed by atoms with E-state index in [0.29, 0.717) is 6.61 Å². The number of ether oxygens (including phenoxy) is 2. The molecule has 0 saturated heterocycles. The monoisotopic (exact) mass is 281 g/mol. The average Bonchev–Trinajstić information content (AvgIpc) is 2.77. The van der Waals surface area contributed by atoms with Gasteiger partial charge in [-0.2, -0.15) is 12.6 Å². The third-order valence-electron chi connectivity index (χ3n) is 2.50. The molecule has 2 rings (SSSR count). The third-order valence-corrected chi connectivity index (χ3v) is 4.16. The maximum atomic E-state index is 5.67. The Labute approximate surface area is 116 Å². The zero-order valence-corrected chi connectivity index (χ0v) is 12.1. The standard InChI is InChI=1S/C13H15NO2S2/c1-9-12(8-17)18-13(14-9)7-16-11-5-3-10(15-2)4-6-11/h3-6,17H,7-8H2,1-2H3. The van der Waals surface area contributed by atoms with Crippen LogP contribution in [0.2, 0.25) is 0 Å². The second-order valence-corrected chi connectivity index (χ2v) is 5.22. The fourth-order valence-corrected chi connectivity index (χ4v) is 2.78. The van der Waals surface area contributed by atoms with Gasteiger partial charge in [0.05, 0.1) is 12.8 Å². The molecular weight excluding hydrogens is 266 g/mol. The number of thiol groups is 1. The molecule has 0 saturated carbocycles. The normalized spacial score (nSPS) is 10.4. The van der Waals surface area contributed by atoms with Gasteiger partial charge in [-0.15, -0.1) is 11.3 Å². The van der Waals surface area contributed by atoms with E-state index in [2.05, 4.69) is 17.6 Å². The SMILES string of the molecule is COc1ccc(OCc2nc(C)c(CS)s2)cc1. The Morgan fingerprint density at radius 3 is 2.44 bits per heavy atom. The Morgan fingerprint density at radius 1 is 1.22 bits per heavy atom. The first-order valence-corrected chi connectivity index (χ1v) is 7.00. The summed E-state index contributed by atoms with van der Waals surface area (Å²) in [5, 5.41) is 0.979. The molecule has 0 atom stereocenters. The second kappa shape index (κ2) is 6.11. The lowest BCUT2D eigenvalue weighted by Gasteiger charge is -2.04. The highest BCUT2D eigenvalue weighted by Crippen LogP contribution is 2.22. The fraction of sp³-hybridized carbons (Fsp3) is 0.308. The first-order valence-electron chi connectivity index (χ1n) is 5.56. The maximum Gasteiger partial charge on any atom is 0.140 e. The molecule has 0 spiro atoms. The lowest BCUT2D eigenvalue weighted by molar-refractivity contribution is 0.304. The van der Waals surface area contributed by atoms with E-state index >= 15 is 0 Å². The van der Waals surface area contributed by atoms with E-state index in [0.717, 1.165) is 28.0 Å². The van der Waals surface area contributed by atoms with E-state index in [1.54, 1.807) is 18.4 Å². The molecule has 0 bridgehead atoms. The van der Waals surface area contributed by atoms with E-state index in [1.807, 2.05) is 31.2 Å². The van der Waals surface area contributed by atoms with Crippen LogP contribution in [0, 0.1) is 6.92 Å². The number of nitrogens with zero attached hydrogens (tertiary/aromatic N) is 1. The van der Waals surface area contributed by atoms with Crippen LogP contribution in [-0.4, -0.2) is 12.1 Å². The Bertz CT molecular complexity index is 508. The van der Waals surface area contributed by atoms with E-state index in [-0.39, 0.29) is 0 Å². The van der Waals surface area contributed by atoms with Crippen molar-refractivity contribution in [3.05, 3.63) is 39.8 Å². The smallest absolute Gasteiger partial charge is 0.140 e. The Kier molecular flexibility index (Phi) is 4.49. The van der Waals surface area contributed by atoms with Crippen LogP contribution in [0.25, 0.3) is 0 Å². The van der Waals surface area contributed by atoms with Gasteiger partial charge in [-0.3, -0.25) is 0 Å². The molecule has 0 radical (unpaired) electrons. The van der Waals surface area contributed by atoms with Crippen LogP contribution in [0.1, 0.15) is 15.6 Å². The van der Waals surface area contributed by atoms with Crippen LogP contribution in [0.15, 0.2) is 24.3 Å². The molecule has 1 aromatic carbocycles. The maximum absolute atomic E-state index is 5.67. The summed E-state index contributed by atoms with van der Waals surface area (Å²) in [5.41, 5.74) is 1.04. The predicted octanol–water partition coefficient (Wildman–Crippen LogP) is 3.47. The number of rotatable bonds is 5. The predicted molar refractivity (Wildman–Crippen MR) is 76.9 cm³/mol. The highest BCUT2D eigenvalue weighted by molar-refractivity contribution is 7.79. The number of aryl methyl sites for hydroxylation is 1. The molecule has 0 aliphatic carbocycles. The van der Waals surface area contributed by atoms with Gasteiger partial charge in [-0.1, -0.05) is 0 Å². The molecular formula is C13H15NO2S2. The molecule has 3 nitrogen and oxygen atoms in total. The molecule has 0 unspecified atom stereocenters. The molecule has 96 valence electrons. The van der Waals surface area contributed by atoms with Crippen LogP contribution >= 0.6 is 24.0 Å². The summed E-state index contributed by atoms with van der Waals surface area (Å²) in [7, 11) is 1.65. The molecule has 1 heterocycles. The molecule has 0 amide bonds. The molecule has 18 heavy (non-hydrogen) atoms. The largest absolute Gasteiger partial charge is 0.497 e. The molecule has 0 N–H and O–H groups in total. The van der Waals surface area contributed by atoms with Crippen molar-refractivity contribution >= 4 is 24.0 Å². The molecule has 5 heteroatoms. The number of methoxy groups -OCH3 is 1. The summed E-state index contributed by atoms with van der Waals surface area (Å²) < 4.78 is 10.8. The van der Waals surface area contributed by atoms with Crippen LogP contribution < -0.4 is 9.47 Å². The lowest BCUT2D eigenvalue weighted by atomic mass is 10.3. The first kappa shape index (κ1) is 13.2. The van der Waals surface area contributed by atoms with E-state index in [1.165, 1.54) is 4.88 Å². The van der Waals surface area contributed by atoms with E-state index in [9.17, 15) is 0 Å². The van der Waals surface area contributed by atoms with Crippen molar-refractivity contribution in [1.29, 1.82) is 0 Å². The van der Waals surface area contributed by atoms with Crippen LogP contribution in [-0.2, 0) is 12.4 Å². The third kappa shape index (κ3) is 3.17. The molecule has 1 aromatic heterocycles. The molecule has 0 aliphatic rings.